The first-order valence-electron chi connectivity index (χ1n) is 7.08. The highest BCUT2D eigenvalue weighted by Crippen LogP contribution is 2.33. The lowest BCUT2D eigenvalue weighted by molar-refractivity contribution is -0.00225. The molecule has 0 bridgehead atoms. The van der Waals surface area contributed by atoms with E-state index in [1.165, 1.54) is 5.56 Å². The van der Waals surface area contributed by atoms with Crippen molar-refractivity contribution in [3.63, 3.8) is 0 Å². The normalized spacial score (nSPS) is 17.7. The average molecular weight is 292 g/mol. The Kier molecular flexibility index (Phi) is 3.88. The van der Waals surface area contributed by atoms with Gasteiger partial charge in [-0.1, -0.05) is 0 Å². The van der Waals surface area contributed by atoms with Crippen molar-refractivity contribution in [3.8, 4) is 11.5 Å². The Morgan fingerprint density at radius 1 is 1.24 bits per heavy atom. The summed E-state index contributed by atoms with van der Waals surface area (Å²) in [5, 5.41) is 2.97. The highest BCUT2D eigenvalue weighted by atomic mass is 16.5. The van der Waals surface area contributed by atoms with E-state index < -0.39 is 0 Å². The molecule has 1 N–H and O–H groups in total. The van der Waals surface area contributed by atoms with E-state index in [1.807, 2.05) is 17.0 Å². The second-order valence-electron chi connectivity index (χ2n) is 5.33. The number of nitrogens with zero attached hydrogens (tertiary/aromatic N) is 1. The summed E-state index contributed by atoms with van der Waals surface area (Å²) >= 11 is 0. The smallest absolute Gasteiger partial charge is 0.318 e. The van der Waals surface area contributed by atoms with Crippen LogP contribution in [0.5, 0.6) is 11.5 Å². The number of urea groups is 1. The molecule has 1 aromatic carbocycles. The van der Waals surface area contributed by atoms with Crippen molar-refractivity contribution in [2.24, 2.45) is 0 Å². The van der Waals surface area contributed by atoms with E-state index in [0.29, 0.717) is 32.1 Å². The highest BCUT2D eigenvalue weighted by molar-refractivity contribution is 5.75. The molecule has 114 valence electrons. The Labute approximate surface area is 124 Å². The van der Waals surface area contributed by atoms with Gasteiger partial charge >= 0.3 is 6.03 Å². The minimum absolute atomic E-state index is 0.0243. The van der Waals surface area contributed by atoms with E-state index in [-0.39, 0.29) is 12.1 Å². The summed E-state index contributed by atoms with van der Waals surface area (Å²) in [5.41, 5.74) is 2.32. The van der Waals surface area contributed by atoms with Gasteiger partial charge < -0.3 is 24.4 Å². The van der Waals surface area contributed by atoms with Gasteiger partial charge in [0.1, 0.15) is 0 Å². The number of fused-ring (bicyclic) bond motifs is 1. The molecular formula is C15H20N2O4. The number of nitrogens with one attached hydrogen (secondary N) is 1. The van der Waals surface area contributed by atoms with E-state index >= 15 is 0 Å². The first kappa shape index (κ1) is 14.0. The third kappa shape index (κ3) is 2.76. The van der Waals surface area contributed by atoms with Crippen LogP contribution in [0.15, 0.2) is 12.1 Å². The molecule has 21 heavy (non-hydrogen) atoms. The van der Waals surface area contributed by atoms with Crippen LogP contribution >= 0.6 is 0 Å². The van der Waals surface area contributed by atoms with Crippen molar-refractivity contribution in [2.75, 3.05) is 34.0 Å². The number of carbonyl (C=O) groups excluding carboxylic acids is 1. The zero-order chi connectivity index (χ0) is 14.8. The molecule has 2 heterocycles. The van der Waals surface area contributed by atoms with Crippen molar-refractivity contribution < 1.29 is 19.0 Å². The maximum absolute atomic E-state index is 12.2. The van der Waals surface area contributed by atoms with Crippen LogP contribution in [0.2, 0.25) is 0 Å². The van der Waals surface area contributed by atoms with Gasteiger partial charge in [0.15, 0.2) is 11.5 Å². The molecule has 6 nitrogen and oxygen atoms in total. The molecular weight excluding hydrogens is 272 g/mol. The maximum Gasteiger partial charge on any atom is 0.318 e. The van der Waals surface area contributed by atoms with Gasteiger partial charge in [-0.05, 0) is 29.7 Å². The molecule has 1 fully saturated rings. The molecule has 6 heteroatoms. The predicted molar refractivity (Wildman–Crippen MR) is 76.8 cm³/mol. The van der Waals surface area contributed by atoms with Crippen molar-refractivity contribution in [1.29, 1.82) is 0 Å². The molecule has 2 amide bonds. The van der Waals surface area contributed by atoms with Gasteiger partial charge in [0.25, 0.3) is 0 Å². The summed E-state index contributed by atoms with van der Waals surface area (Å²) in [7, 11) is 3.25. The summed E-state index contributed by atoms with van der Waals surface area (Å²) in [4.78, 5) is 14.0. The average Bonchev–Trinajstić information content (AvgIpc) is 2.48. The zero-order valence-electron chi connectivity index (χ0n) is 12.3. The van der Waals surface area contributed by atoms with Crippen LogP contribution in [-0.4, -0.2) is 51.0 Å². The summed E-state index contributed by atoms with van der Waals surface area (Å²) in [6.07, 6.45) is 0.824. The molecule has 2 aliphatic heterocycles. The fourth-order valence-electron chi connectivity index (χ4n) is 2.64. The van der Waals surface area contributed by atoms with Gasteiger partial charge in [-0.25, -0.2) is 4.79 Å². The maximum atomic E-state index is 12.2. The van der Waals surface area contributed by atoms with E-state index in [4.69, 9.17) is 14.2 Å². The molecule has 0 radical (unpaired) electrons. The third-order valence-electron chi connectivity index (χ3n) is 3.97. The second-order valence-corrected chi connectivity index (χ2v) is 5.33. The van der Waals surface area contributed by atoms with Gasteiger partial charge in [-0.15, -0.1) is 0 Å². The molecule has 0 unspecified atom stereocenters. The monoisotopic (exact) mass is 292 g/mol. The third-order valence-corrected chi connectivity index (χ3v) is 3.97. The quantitative estimate of drug-likeness (QED) is 0.908. The number of rotatable bonds is 3. The van der Waals surface area contributed by atoms with E-state index in [0.717, 1.165) is 17.7 Å². The fourth-order valence-corrected chi connectivity index (χ4v) is 2.64. The number of hydrogen-bond donors (Lipinski definition) is 1. The predicted octanol–water partition coefficient (Wildman–Crippen LogP) is 1.17. The van der Waals surface area contributed by atoms with Crippen LogP contribution in [0, 0.1) is 0 Å². The number of benzene rings is 1. The Morgan fingerprint density at radius 3 is 2.48 bits per heavy atom. The second kappa shape index (κ2) is 5.81. The molecule has 0 aromatic heterocycles. The van der Waals surface area contributed by atoms with Crippen LogP contribution in [0.25, 0.3) is 0 Å². The van der Waals surface area contributed by atoms with E-state index in [2.05, 4.69) is 5.32 Å². The van der Waals surface area contributed by atoms with Crippen LogP contribution in [0.4, 0.5) is 4.79 Å². The van der Waals surface area contributed by atoms with Crippen molar-refractivity contribution in [3.05, 3.63) is 23.3 Å². The van der Waals surface area contributed by atoms with Crippen LogP contribution in [-0.2, 0) is 17.7 Å². The number of hydrogen-bond acceptors (Lipinski definition) is 4. The molecule has 2 aliphatic rings. The Bertz CT molecular complexity index is 543. The van der Waals surface area contributed by atoms with Crippen LogP contribution < -0.4 is 14.8 Å². The van der Waals surface area contributed by atoms with Gasteiger partial charge in [0, 0.05) is 13.1 Å². The van der Waals surface area contributed by atoms with Gasteiger partial charge in [-0.2, -0.15) is 0 Å². The fraction of sp³-hybridized carbons (Fsp3) is 0.533. The first-order valence-corrected chi connectivity index (χ1v) is 7.08. The van der Waals surface area contributed by atoms with Gasteiger partial charge in [-0.3, -0.25) is 0 Å². The summed E-state index contributed by atoms with van der Waals surface area (Å²) < 4.78 is 15.7. The standard InChI is InChI=1S/C15H20N2O4/c1-19-13-5-10-3-4-17(7-11(10)6-14(13)20-2)15(18)16-12-8-21-9-12/h5-6,12H,3-4,7-9H2,1-2H3,(H,16,18). The molecule has 0 spiro atoms. The SMILES string of the molecule is COc1cc2c(cc1OC)CN(C(=O)NC1COC1)CC2. The molecule has 1 aromatic rings. The van der Waals surface area contributed by atoms with Crippen molar-refractivity contribution in [2.45, 2.75) is 19.0 Å². The number of methoxy groups -OCH3 is 2. The Morgan fingerprint density at radius 2 is 1.90 bits per heavy atom. The molecule has 1 saturated heterocycles. The van der Waals surface area contributed by atoms with Gasteiger partial charge in [0.2, 0.25) is 0 Å². The highest BCUT2D eigenvalue weighted by Gasteiger charge is 2.26. The number of amides is 2. The first-order chi connectivity index (χ1) is 10.2. The lowest BCUT2D eigenvalue weighted by atomic mass is 9.99. The minimum atomic E-state index is -0.0243. The Balaban J connectivity index is 1.73. The van der Waals surface area contributed by atoms with E-state index in [1.54, 1.807) is 14.2 Å². The topological polar surface area (TPSA) is 60.0 Å². The molecule has 0 saturated carbocycles. The molecule has 3 rings (SSSR count). The van der Waals surface area contributed by atoms with Crippen molar-refractivity contribution in [1.82, 2.24) is 10.2 Å². The molecule has 0 aliphatic carbocycles. The number of carbonyl (C=O) groups is 1. The van der Waals surface area contributed by atoms with Gasteiger partial charge in [0.05, 0.1) is 33.5 Å². The zero-order valence-corrected chi connectivity index (χ0v) is 12.3. The summed E-state index contributed by atoms with van der Waals surface area (Å²) in [6.45, 7) is 2.53. The van der Waals surface area contributed by atoms with Crippen LogP contribution in [0.1, 0.15) is 11.1 Å². The minimum Gasteiger partial charge on any atom is -0.493 e. The largest absolute Gasteiger partial charge is 0.493 e. The van der Waals surface area contributed by atoms with Crippen molar-refractivity contribution >= 4 is 6.03 Å². The molecule has 0 atom stereocenters. The van der Waals surface area contributed by atoms with E-state index in [9.17, 15) is 4.79 Å². The Hall–Kier alpha value is -1.95. The lowest BCUT2D eigenvalue weighted by Crippen LogP contribution is -2.53. The van der Waals surface area contributed by atoms with Crippen LogP contribution in [0.3, 0.4) is 0 Å². The number of ether oxygens (including phenoxy) is 3. The summed E-state index contributed by atoms with van der Waals surface area (Å²) in [5.74, 6) is 1.44. The lowest BCUT2D eigenvalue weighted by Gasteiger charge is -2.33. The summed E-state index contributed by atoms with van der Waals surface area (Å²) in [6, 6.07) is 4.09.